The van der Waals surface area contributed by atoms with Crippen LogP contribution in [0, 0.1) is 5.82 Å². The molecule has 0 spiro atoms. The SMILES string of the molecule is C=C(Cl)CNCc1cncc(F)c1. The molecule has 1 N–H and O–H groups in total. The van der Waals surface area contributed by atoms with E-state index in [0.717, 1.165) is 5.56 Å². The molecule has 0 aliphatic heterocycles. The van der Waals surface area contributed by atoms with E-state index >= 15 is 0 Å². The maximum absolute atomic E-state index is 12.6. The topological polar surface area (TPSA) is 24.9 Å². The molecule has 0 saturated carbocycles. The summed E-state index contributed by atoms with van der Waals surface area (Å²) in [5.74, 6) is -0.330. The molecule has 70 valence electrons. The van der Waals surface area contributed by atoms with Crippen LogP contribution in [0.5, 0.6) is 0 Å². The van der Waals surface area contributed by atoms with Crippen molar-refractivity contribution in [2.24, 2.45) is 0 Å². The zero-order valence-electron chi connectivity index (χ0n) is 7.06. The second kappa shape index (κ2) is 4.94. The van der Waals surface area contributed by atoms with Crippen LogP contribution >= 0.6 is 11.6 Å². The molecule has 0 bridgehead atoms. The van der Waals surface area contributed by atoms with Gasteiger partial charge in [-0.25, -0.2) is 4.39 Å². The number of hydrogen-bond acceptors (Lipinski definition) is 2. The summed E-state index contributed by atoms with van der Waals surface area (Å²) in [6, 6.07) is 1.43. The number of aromatic nitrogens is 1. The normalized spacial score (nSPS) is 10.0. The highest BCUT2D eigenvalue weighted by molar-refractivity contribution is 6.29. The number of rotatable bonds is 4. The van der Waals surface area contributed by atoms with Gasteiger partial charge in [0.1, 0.15) is 5.82 Å². The smallest absolute Gasteiger partial charge is 0.141 e. The first-order valence-corrected chi connectivity index (χ1v) is 4.19. The van der Waals surface area contributed by atoms with Crippen molar-refractivity contribution in [3.05, 3.63) is 41.5 Å². The number of pyridine rings is 1. The highest BCUT2D eigenvalue weighted by Gasteiger charge is 1.95. The molecule has 0 atom stereocenters. The van der Waals surface area contributed by atoms with Crippen LogP contribution in [0.15, 0.2) is 30.1 Å². The minimum atomic E-state index is -0.330. The van der Waals surface area contributed by atoms with Crippen molar-refractivity contribution < 1.29 is 4.39 Å². The molecule has 2 nitrogen and oxygen atoms in total. The highest BCUT2D eigenvalue weighted by atomic mass is 35.5. The third-order valence-electron chi connectivity index (χ3n) is 1.41. The van der Waals surface area contributed by atoms with Crippen molar-refractivity contribution in [1.82, 2.24) is 10.3 Å². The van der Waals surface area contributed by atoms with Gasteiger partial charge in [0.05, 0.1) is 6.20 Å². The Balaban J connectivity index is 2.41. The fourth-order valence-electron chi connectivity index (χ4n) is 0.895. The Morgan fingerprint density at radius 2 is 2.38 bits per heavy atom. The third-order valence-corrected chi connectivity index (χ3v) is 1.54. The molecule has 0 radical (unpaired) electrons. The van der Waals surface area contributed by atoms with E-state index < -0.39 is 0 Å². The molecule has 0 aliphatic carbocycles. The molecule has 4 heteroatoms. The summed E-state index contributed by atoms with van der Waals surface area (Å²) < 4.78 is 12.6. The van der Waals surface area contributed by atoms with E-state index in [1.54, 1.807) is 6.20 Å². The Labute approximate surface area is 81.4 Å². The lowest BCUT2D eigenvalue weighted by molar-refractivity contribution is 0.615. The van der Waals surface area contributed by atoms with Gasteiger partial charge in [0.15, 0.2) is 0 Å². The summed E-state index contributed by atoms with van der Waals surface area (Å²) in [5, 5.41) is 3.52. The summed E-state index contributed by atoms with van der Waals surface area (Å²) in [6.07, 6.45) is 2.77. The summed E-state index contributed by atoms with van der Waals surface area (Å²) in [7, 11) is 0. The van der Waals surface area contributed by atoms with Gasteiger partial charge in [-0.05, 0) is 11.6 Å². The van der Waals surface area contributed by atoms with Gasteiger partial charge in [-0.2, -0.15) is 0 Å². The molecule has 0 unspecified atom stereocenters. The lowest BCUT2D eigenvalue weighted by atomic mass is 10.3. The van der Waals surface area contributed by atoms with Crippen molar-refractivity contribution in [2.45, 2.75) is 6.54 Å². The second-order valence-corrected chi connectivity index (χ2v) is 3.17. The maximum Gasteiger partial charge on any atom is 0.141 e. The van der Waals surface area contributed by atoms with Gasteiger partial charge in [-0.1, -0.05) is 18.2 Å². The molecule has 13 heavy (non-hydrogen) atoms. The molecule has 1 rings (SSSR count). The minimum Gasteiger partial charge on any atom is -0.308 e. The summed E-state index contributed by atoms with van der Waals surface area (Å²) in [6.45, 7) is 4.57. The molecule has 0 aliphatic rings. The van der Waals surface area contributed by atoms with Gasteiger partial charge in [0.25, 0.3) is 0 Å². The van der Waals surface area contributed by atoms with Crippen LogP contribution in [0.4, 0.5) is 4.39 Å². The number of halogens is 2. The van der Waals surface area contributed by atoms with Gasteiger partial charge in [0.2, 0.25) is 0 Å². The van der Waals surface area contributed by atoms with E-state index in [0.29, 0.717) is 18.1 Å². The fourth-order valence-corrected chi connectivity index (χ4v) is 0.989. The Morgan fingerprint density at radius 3 is 3.00 bits per heavy atom. The standard InChI is InChI=1S/C9H10ClFN2/c1-7(10)3-12-4-8-2-9(11)6-13-5-8/h2,5-6,12H,1,3-4H2. The fraction of sp³-hybridized carbons (Fsp3) is 0.222. The molecule has 1 aromatic rings. The van der Waals surface area contributed by atoms with Crippen molar-refractivity contribution >= 4 is 11.6 Å². The molecular formula is C9H10ClFN2. The van der Waals surface area contributed by atoms with Crippen molar-refractivity contribution in [3.63, 3.8) is 0 Å². The average Bonchev–Trinajstić information content (AvgIpc) is 2.03. The lowest BCUT2D eigenvalue weighted by Gasteiger charge is -2.02. The van der Waals surface area contributed by atoms with Crippen LogP contribution < -0.4 is 5.32 Å². The number of nitrogens with one attached hydrogen (secondary N) is 1. The van der Waals surface area contributed by atoms with Gasteiger partial charge < -0.3 is 5.32 Å². The Bertz CT molecular complexity index is 301. The first kappa shape index (κ1) is 10.2. The average molecular weight is 201 g/mol. The maximum atomic E-state index is 12.6. The van der Waals surface area contributed by atoms with Gasteiger partial charge >= 0.3 is 0 Å². The number of hydrogen-bond donors (Lipinski definition) is 1. The van der Waals surface area contributed by atoms with E-state index in [1.165, 1.54) is 12.3 Å². The summed E-state index contributed by atoms with van der Waals surface area (Å²) in [4.78, 5) is 3.71. The quantitative estimate of drug-likeness (QED) is 0.805. The molecule has 0 aromatic carbocycles. The first-order valence-electron chi connectivity index (χ1n) is 3.82. The van der Waals surface area contributed by atoms with Gasteiger partial charge in [0, 0.05) is 24.3 Å². The molecule has 0 amide bonds. The largest absolute Gasteiger partial charge is 0.308 e. The van der Waals surface area contributed by atoms with Crippen LogP contribution in [0.25, 0.3) is 0 Å². The third kappa shape index (κ3) is 4.01. The summed E-state index contributed by atoms with van der Waals surface area (Å²) in [5.41, 5.74) is 0.790. The number of nitrogens with zero attached hydrogens (tertiary/aromatic N) is 1. The van der Waals surface area contributed by atoms with Crippen LogP contribution in [0.3, 0.4) is 0 Å². The molecule has 0 fully saturated rings. The Morgan fingerprint density at radius 1 is 1.62 bits per heavy atom. The van der Waals surface area contributed by atoms with E-state index in [9.17, 15) is 4.39 Å². The van der Waals surface area contributed by atoms with Crippen LogP contribution in [-0.2, 0) is 6.54 Å². The predicted molar refractivity (Wildman–Crippen MR) is 50.9 cm³/mol. The van der Waals surface area contributed by atoms with E-state index in [2.05, 4.69) is 16.9 Å². The zero-order valence-corrected chi connectivity index (χ0v) is 7.81. The van der Waals surface area contributed by atoms with Crippen LogP contribution in [-0.4, -0.2) is 11.5 Å². The Kier molecular flexibility index (Phi) is 3.86. The van der Waals surface area contributed by atoms with E-state index in [4.69, 9.17) is 11.6 Å². The summed E-state index contributed by atoms with van der Waals surface area (Å²) >= 11 is 5.53. The Hall–Kier alpha value is -0.930. The molecule has 1 aromatic heterocycles. The lowest BCUT2D eigenvalue weighted by Crippen LogP contribution is -2.14. The molecule has 0 saturated heterocycles. The molecule has 1 heterocycles. The van der Waals surface area contributed by atoms with Gasteiger partial charge in [-0.15, -0.1) is 0 Å². The van der Waals surface area contributed by atoms with E-state index in [-0.39, 0.29) is 5.82 Å². The van der Waals surface area contributed by atoms with Crippen molar-refractivity contribution in [2.75, 3.05) is 6.54 Å². The van der Waals surface area contributed by atoms with Crippen LogP contribution in [0.2, 0.25) is 0 Å². The van der Waals surface area contributed by atoms with Crippen LogP contribution in [0.1, 0.15) is 5.56 Å². The second-order valence-electron chi connectivity index (χ2n) is 2.63. The minimum absolute atomic E-state index is 0.330. The van der Waals surface area contributed by atoms with Gasteiger partial charge in [-0.3, -0.25) is 4.98 Å². The zero-order chi connectivity index (χ0) is 9.68. The monoisotopic (exact) mass is 200 g/mol. The van der Waals surface area contributed by atoms with Crippen molar-refractivity contribution in [1.29, 1.82) is 0 Å². The predicted octanol–water partition coefficient (Wildman–Crippen LogP) is 2.06. The first-order chi connectivity index (χ1) is 6.18. The highest BCUT2D eigenvalue weighted by Crippen LogP contribution is 2.00. The van der Waals surface area contributed by atoms with Crippen molar-refractivity contribution in [3.8, 4) is 0 Å². The van der Waals surface area contributed by atoms with E-state index in [1.807, 2.05) is 0 Å². The molecular weight excluding hydrogens is 191 g/mol.